The van der Waals surface area contributed by atoms with Crippen molar-refractivity contribution in [2.75, 3.05) is 19.6 Å². The van der Waals surface area contributed by atoms with Crippen molar-refractivity contribution in [3.63, 3.8) is 0 Å². The Bertz CT molecular complexity index is 673. The Hall–Kier alpha value is -1.83. The number of aromatic nitrogens is 1. The van der Waals surface area contributed by atoms with Crippen LogP contribution >= 0.6 is 24.0 Å². The second-order valence-corrected chi connectivity index (χ2v) is 5.86. The summed E-state index contributed by atoms with van der Waals surface area (Å²) < 4.78 is 4.86. The minimum absolute atomic E-state index is 0. The summed E-state index contributed by atoms with van der Waals surface area (Å²) in [6.07, 6.45) is 6.04. The van der Waals surface area contributed by atoms with Crippen LogP contribution in [0.2, 0.25) is 0 Å². The minimum Gasteiger partial charge on any atom is -0.364 e. The lowest BCUT2D eigenvalue weighted by Gasteiger charge is -2.31. The number of hydrogen-bond acceptors (Lipinski definition) is 3. The molecule has 6 heteroatoms. The van der Waals surface area contributed by atoms with Crippen LogP contribution in [0.3, 0.4) is 0 Å². The van der Waals surface area contributed by atoms with Crippen molar-refractivity contribution in [3.05, 3.63) is 59.5 Å². The molecule has 0 aliphatic carbocycles. The van der Waals surface area contributed by atoms with Crippen LogP contribution in [-0.2, 0) is 6.54 Å². The van der Waals surface area contributed by atoms with E-state index in [0.717, 1.165) is 44.1 Å². The molecule has 5 nitrogen and oxygen atoms in total. The van der Waals surface area contributed by atoms with Gasteiger partial charge in [-0.15, -0.1) is 24.0 Å². The molecule has 3 rings (SSSR count). The fourth-order valence-electron chi connectivity index (χ4n) is 2.84. The molecular weight excluding hydrogens is 427 g/mol. The summed E-state index contributed by atoms with van der Waals surface area (Å²) in [5, 5.41) is 7.29. The van der Waals surface area contributed by atoms with Crippen molar-refractivity contribution in [3.8, 4) is 0 Å². The number of benzene rings is 1. The van der Waals surface area contributed by atoms with Crippen LogP contribution in [0.25, 0.3) is 6.08 Å². The van der Waals surface area contributed by atoms with Crippen LogP contribution in [0.4, 0.5) is 0 Å². The largest absolute Gasteiger partial charge is 0.364 e. The zero-order valence-electron chi connectivity index (χ0n) is 14.5. The monoisotopic (exact) mass is 452 g/mol. The van der Waals surface area contributed by atoms with Crippen LogP contribution < -0.4 is 5.32 Å². The predicted octanol–water partition coefficient (Wildman–Crippen LogP) is 3.94. The van der Waals surface area contributed by atoms with Crippen molar-refractivity contribution < 1.29 is 4.52 Å². The highest BCUT2D eigenvalue weighted by molar-refractivity contribution is 14.0. The van der Waals surface area contributed by atoms with Crippen LogP contribution in [0, 0.1) is 0 Å². The first-order valence-corrected chi connectivity index (χ1v) is 8.52. The Balaban J connectivity index is 0.00000225. The van der Waals surface area contributed by atoms with Gasteiger partial charge in [0.05, 0.1) is 6.54 Å². The van der Waals surface area contributed by atoms with Crippen molar-refractivity contribution in [2.24, 2.45) is 4.99 Å². The lowest BCUT2D eigenvalue weighted by Crippen LogP contribution is -2.44. The van der Waals surface area contributed by atoms with Gasteiger partial charge in [-0.3, -0.25) is 0 Å². The molecule has 0 saturated carbocycles. The van der Waals surface area contributed by atoms with E-state index in [1.54, 1.807) is 6.26 Å². The van der Waals surface area contributed by atoms with Gasteiger partial charge in [0.2, 0.25) is 0 Å². The predicted molar refractivity (Wildman–Crippen MR) is 112 cm³/mol. The second-order valence-electron chi connectivity index (χ2n) is 5.86. The average Bonchev–Trinajstić information content (AvgIpc) is 3.14. The van der Waals surface area contributed by atoms with E-state index in [-0.39, 0.29) is 24.0 Å². The maximum absolute atomic E-state index is 4.86. The van der Waals surface area contributed by atoms with Gasteiger partial charge in [-0.25, -0.2) is 4.99 Å². The maximum Gasteiger partial charge on any atom is 0.194 e. The number of nitrogens with zero attached hydrogens (tertiary/aromatic N) is 3. The molecule has 1 aliphatic rings. The molecule has 2 aromatic rings. The lowest BCUT2D eigenvalue weighted by molar-refractivity contribution is 0.374. The normalized spacial score (nSPS) is 14.8. The highest BCUT2D eigenvalue weighted by atomic mass is 127. The summed E-state index contributed by atoms with van der Waals surface area (Å²) in [5.41, 5.74) is 3.64. The van der Waals surface area contributed by atoms with E-state index in [0.29, 0.717) is 6.54 Å². The van der Waals surface area contributed by atoms with Gasteiger partial charge in [-0.1, -0.05) is 47.1 Å². The van der Waals surface area contributed by atoms with Gasteiger partial charge in [0.15, 0.2) is 5.96 Å². The van der Waals surface area contributed by atoms with Crippen molar-refractivity contribution in [1.29, 1.82) is 0 Å². The SMILES string of the molecule is CCNC(=NCc1ccon1)N1CCC(=Cc2ccccc2)CC1.I. The quantitative estimate of drug-likeness (QED) is 0.434. The first-order chi connectivity index (χ1) is 11.8. The highest BCUT2D eigenvalue weighted by Crippen LogP contribution is 2.19. The first kappa shape index (κ1) is 19.5. The van der Waals surface area contributed by atoms with Gasteiger partial charge < -0.3 is 14.7 Å². The van der Waals surface area contributed by atoms with Crippen molar-refractivity contribution in [1.82, 2.24) is 15.4 Å². The van der Waals surface area contributed by atoms with E-state index in [2.05, 4.69) is 63.7 Å². The molecule has 25 heavy (non-hydrogen) atoms. The molecule has 0 amide bonds. The number of piperidine rings is 1. The third kappa shape index (κ3) is 5.88. The summed E-state index contributed by atoms with van der Waals surface area (Å²) in [6.45, 7) is 5.48. The number of guanidine groups is 1. The molecular formula is C19H25IN4O. The Morgan fingerprint density at radius 1 is 1.24 bits per heavy atom. The van der Waals surface area contributed by atoms with Crippen LogP contribution in [0.15, 0.2) is 57.7 Å². The molecule has 0 atom stereocenters. The zero-order valence-corrected chi connectivity index (χ0v) is 16.8. The number of aliphatic imine (C=N–C) groups is 1. The van der Waals surface area contributed by atoms with E-state index in [9.17, 15) is 0 Å². The zero-order chi connectivity index (χ0) is 16.6. The average molecular weight is 452 g/mol. The summed E-state index contributed by atoms with van der Waals surface area (Å²) >= 11 is 0. The molecule has 0 spiro atoms. The van der Waals surface area contributed by atoms with Crippen LogP contribution in [-0.4, -0.2) is 35.7 Å². The summed E-state index contributed by atoms with van der Waals surface area (Å²) in [5.74, 6) is 0.958. The minimum atomic E-state index is 0. The fourth-order valence-corrected chi connectivity index (χ4v) is 2.84. The Labute approximate surface area is 166 Å². The topological polar surface area (TPSA) is 53.7 Å². The molecule has 1 saturated heterocycles. The molecule has 1 aromatic carbocycles. The lowest BCUT2D eigenvalue weighted by atomic mass is 10.0. The molecule has 0 radical (unpaired) electrons. The van der Waals surface area contributed by atoms with Crippen LogP contribution in [0.5, 0.6) is 0 Å². The standard InChI is InChI=1S/C19H24N4O.HI/c1-2-20-19(21-15-18-10-13-24-22-18)23-11-8-17(9-12-23)14-16-6-4-3-5-7-16;/h3-7,10,13-14H,2,8-9,11-12,15H2,1H3,(H,20,21);1H. The van der Waals surface area contributed by atoms with Crippen LogP contribution in [0.1, 0.15) is 31.0 Å². The second kappa shape index (κ2) is 10.2. The Morgan fingerprint density at radius 3 is 2.64 bits per heavy atom. The first-order valence-electron chi connectivity index (χ1n) is 8.52. The third-order valence-corrected chi connectivity index (χ3v) is 4.09. The summed E-state index contributed by atoms with van der Waals surface area (Å²) in [7, 11) is 0. The third-order valence-electron chi connectivity index (χ3n) is 4.09. The van der Waals surface area contributed by atoms with Gasteiger partial charge in [-0.05, 0) is 25.3 Å². The van der Waals surface area contributed by atoms with Gasteiger partial charge in [0.1, 0.15) is 12.0 Å². The smallest absolute Gasteiger partial charge is 0.194 e. The van der Waals surface area contributed by atoms with E-state index in [4.69, 9.17) is 4.52 Å². The maximum atomic E-state index is 4.86. The Morgan fingerprint density at radius 2 is 2.00 bits per heavy atom. The van der Waals surface area contributed by atoms with E-state index >= 15 is 0 Å². The Kier molecular flexibility index (Phi) is 7.97. The molecule has 0 bridgehead atoms. The molecule has 0 unspecified atom stereocenters. The molecule has 134 valence electrons. The van der Waals surface area contributed by atoms with Crippen molar-refractivity contribution >= 4 is 36.0 Å². The molecule has 2 heterocycles. The summed E-state index contributed by atoms with van der Waals surface area (Å²) in [4.78, 5) is 7.00. The van der Waals surface area contributed by atoms with Gasteiger partial charge in [0, 0.05) is 25.7 Å². The van der Waals surface area contributed by atoms with Gasteiger partial charge in [-0.2, -0.15) is 0 Å². The molecule has 1 N–H and O–H groups in total. The van der Waals surface area contributed by atoms with Crippen molar-refractivity contribution in [2.45, 2.75) is 26.3 Å². The number of likely N-dealkylation sites (tertiary alicyclic amines) is 1. The fraction of sp³-hybridized carbons (Fsp3) is 0.368. The number of nitrogens with one attached hydrogen (secondary N) is 1. The molecule has 1 fully saturated rings. The van der Waals surface area contributed by atoms with Gasteiger partial charge >= 0.3 is 0 Å². The number of halogens is 1. The van der Waals surface area contributed by atoms with Gasteiger partial charge in [0.25, 0.3) is 0 Å². The van der Waals surface area contributed by atoms with E-state index in [1.165, 1.54) is 11.1 Å². The van der Waals surface area contributed by atoms with E-state index in [1.807, 2.05) is 6.07 Å². The molecule has 1 aromatic heterocycles. The summed E-state index contributed by atoms with van der Waals surface area (Å²) in [6, 6.07) is 12.4. The number of rotatable bonds is 4. The highest BCUT2D eigenvalue weighted by Gasteiger charge is 2.17. The molecule has 1 aliphatic heterocycles. The number of hydrogen-bond donors (Lipinski definition) is 1. The van der Waals surface area contributed by atoms with E-state index < -0.39 is 0 Å².